The smallest absolute Gasteiger partial charge is 0.120 e. The molecule has 2 atom stereocenters. The van der Waals surface area contributed by atoms with Crippen molar-refractivity contribution in [3.05, 3.63) is 65.2 Å². The Bertz CT molecular complexity index is 702. The molecule has 23 heavy (non-hydrogen) atoms. The van der Waals surface area contributed by atoms with Crippen molar-refractivity contribution in [2.24, 2.45) is 0 Å². The van der Waals surface area contributed by atoms with Crippen LogP contribution in [0, 0.1) is 18.3 Å². The highest BCUT2D eigenvalue weighted by atomic mass is 19.1. The molecular weight excluding hydrogens is 287 g/mol. The maximum atomic E-state index is 13.7. The van der Waals surface area contributed by atoms with Crippen LogP contribution in [0.4, 0.5) is 10.1 Å². The van der Waals surface area contributed by atoms with E-state index in [4.69, 9.17) is 5.26 Å². The predicted octanol–water partition coefficient (Wildman–Crippen LogP) is 4.42. The fourth-order valence-corrected chi connectivity index (χ4v) is 3.31. The van der Waals surface area contributed by atoms with Gasteiger partial charge < -0.3 is 4.90 Å². The molecule has 118 valence electrons. The average Bonchev–Trinajstić information content (AvgIpc) is 2.91. The second-order valence-electron chi connectivity index (χ2n) is 6.27. The number of hydrogen-bond donors (Lipinski definition) is 0. The molecule has 0 aromatic heterocycles. The topological polar surface area (TPSA) is 27.0 Å². The number of halogens is 1. The third-order valence-electron chi connectivity index (χ3n) is 4.61. The molecule has 3 rings (SSSR count). The van der Waals surface area contributed by atoms with Gasteiger partial charge in [-0.2, -0.15) is 5.26 Å². The molecule has 0 radical (unpaired) electrons. The molecular formula is C20H21FN2. The minimum absolute atomic E-state index is 0.00258. The molecule has 3 heteroatoms. The van der Waals surface area contributed by atoms with E-state index in [0.717, 1.165) is 12.1 Å². The summed E-state index contributed by atoms with van der Waals surface area (Å²) in [5, 5.41) is 8.91. The van der Waals surface area contributed by atoms with Crippen LogP contribution in [-0.4, -0.2) is 18.8 Å². The molecule has 0 aliphatic carbocycles. The van der Waals surface area contributed by atoms with E-state index in [0.29, 0.717) is 19.4 Å². The quantitative estimate of drug-likeness (QED) is 0.836. The Labute approximate surface area is 137 Å². The Morgan fingerprint density at radius 2 is 1.91 bits per heavy atom. The van der Waals surface area contributed by atoms with E-state index in [-0.39, 0.29) is 6.04 Å². The normalized spacial score (nSPS) is 20.5. The SMILES string of the molecule is Cc1ccccc1Cc1ccc(N2C[C@H](F)C[C@H]2CC#N)cc1. The molecule has 0 saturated carbocycles. The van der Waals surface area contributed by atoms with Crippen LogP contribution >= 0.6 is 0 Å². The molecule has 1 aliphatic rings. The van der Waals surface area contributed by atoms with Crippen LogP contribution in [0.25, 0.3) is 0 Å². The highest BCUT2D eigenvalue weighted by Gasteiger charge is 2.31. The molecule has 0 N–H and O–H groups in total. The van der Waals surface area contributed by atoms with Crippen molar-refractivity contribution in [2.45, 2.75) is 38.4 Å². The molecule has 2 aromatic carbocycles. The lowest BCUT2D eigenvalue weighted by Crippen LogP contribution is -2.29. The lowest BCUT2D eigenvalue weighted by atomic mass is 10.0. The number of rotatable bonds is 4. The number of benzene rings is 2. The van der Waals surface area contributed by atoms with Crippen molar-refractivity contribution in [1.82, 2.24) is 0 Å². The summed E-state index contributed by atoms with van der Waals surface area (Å²) in [6.45, 7) is 2.52. The van der Waals surface area contributed by atoms with Gasteiger partial charge in [-0.15, -0.1) is 0 Å². The van der Waals surface area contributed by atoms with Gasteiger partial charge in [-0.25, -0.2) is 4.39 Å². The van der Waals surface area contributed by atoms with Gasteiger partial charge in [0.1, 0.15) is 6.17 Å². The van der Waals surface area contributed by atoms with Gasteiger partial charge in [0, 0.05) is 24.7 Å². The van der Waals surface area contributed by atoms with Crippen molar-refractivity contribution >= 4 is 5.69 Å². The largest absolute Gasteiger partial charge is 0.364 e. The van der Waals surface area contributed by atoms with Crippen molar-refractivity contribution < 1.29 is 4.39 Å². The second-order valence-corrected chi connectivity index (χ2v) is 6.27. The summed E-state index contributed by atoms with van der Waals surface area (Å²) in [6, 6.07) is 18.9. The highest BCUT2D eigenvalue weighted by molar-refractivity contribution is 5.51. The Morgan fingerprint density at radius 3 is 2.61 bits per heavy atom. The number of aryl methyl sites for hydroxylation is 1. The minimum atomic E-state index is -0.833. The van der Waals surface area contributed by atoms with Crippen LogP contribution in [0.1, 0.15) is 29.5 Å². The van der Waals surface area contributed by atoms with Crippen LogP contribution in [0.2, 0.25) is 0 Å². The van der Waals surface area contributed by atoms with E-state index in [2.05, 4.69) is 61.5 Å². The number of nitrogens with zero attached hydrogens (tertiary/aromatic N) is 2. The average molecular weight is 308 g/mol. The lowest BCUT2D eigenvalue weighted by Gasteiger charge is -2.24. The molecule has 1 saturated heterocycles. The molecule has 0 unspecified atom stereocenters. The predicted molar refractivity (Wildman–Crippen MR) is 91.3 cm³/mol. The van der Waals surface area contributed by atoms with Crippen LogP contribution in [0.5, 0.6) is 0 Å². The molecule has 0 amide bonds. The summed E-state index contributed by atoms with van der Waals surface area (Å²) in [5.41, 5.74) is 4.88. The molecule has 1 heterocycles. The summed E-state index contributed by atoms with van der Waals surface area (Å²) < 4.78 is 13.7. The van der Waals surface area contributed by atoms with Crippen LogP contribution < -0.4 is 4.90 Å². The zero-order valence-electron chi connectivity index (χ0n) is 13.4. The Morgan fingerprint density at radius 1 is 1.17 bits per heavy atom. The Kier molecular flexibility index (Phi) is 4.62. The van der Waals surface area contributed by atoms with E-state index in [1.54, 1.807) is 0 Å². The maximum absolute atomic E-state index is 13.7. The summed E-state index contributed by atoms with van der Waals surface area (Å²) in [6.07, 6.45) is 0.907. The van der Waals surface area contributed by atoms with E-state index >= 15 is 0 Å². The van der Waals surface area contributed by atoms with Gasteiger partial charge in [-0.1, -0.05) is 36.4 Å². The first kappa shape index (κ1) is 15.6. The lowest BCUT2D eigenvalue weighted by molar-refractivity contribution is 0.356. The van der Waals surface area contributed by atoms with Crippen LogP contribution in [0.15, 0.2) is 48.5 Å². The monoisotopic (exact) mass is 308 g/mol. The van der Waals surface area contributed by atoms with E-state index in [1.165, 1.54) is 16.7 Å². The summed E-state index contributed by atoms with van der Waals surface area (Å²) >= 11 is 0. The van der Waals surface area contributed by atoms with Gasteiger partial charge in [0.05, 0.1) is 12.5 Å². The van der Waals surface area contributed by atoms with Crippen molar-refractivity contribution in [3.8, 4) is 6.07 Å². The number of anilines is 1. The molecule has 2 aromatic rings. The van der Waals surface area contributed by atoms with Gasteiger partial charge in [-0.05, 0) is 42.2 Å². The van der Waals surface area contributed by atoms with Gasteiger partial charge in [0.2, 0.25) is 0 Å². The van der Waals surface area contributed by atoms with E-state index < -0.39 is 6.17 Å². The first-order valence-electron chi connectivity index (χ1n) is 8.08. The first-order valence-corrected chi connectivity index (χ1v) is 8.08. The molecule has 2 nitrogen and oxygen atoms in total. The fraction of sp³-hybridized carbons (Fsp3) is 0.350. The molecule has 1 aliphatic heterocycles. The van der Waals surface area contributed by atoms with E-state index in [1.807, 2.05) is 4.90 Å². The fourth-order valence-electron chi connectivity index (χ4n) is 3.31. The number of hydrogen-bond acceptors (Lipinski definition) is 2. The van der Waals surface area contributed by atoms with Gasteiger partial charge >= 0.3 is 0 Å². The Balaban J connectivity index is 1.74. The standard InChI is InChI=1S/C20H21FN2/c1-15-4-2-3-5-17(15)12-16-6-8-19(9-7-16)23-14-18(21)13-20(23)10-11-22/h2-9,18,20H,10,12-14H2,1H3/t18-,20-/m1/s1. The van der Waals surface area contributed by atoms with Crippen molar-refractivity contribution in [2.75, 3.05) is 11.4 Å². The van der Waals surface area contributed by atoms with Crippen molar-refractivity contribution in [3.63, 3.8) is 0 Å². The number of alkyl halides is 1. The summed E-state index contributed by atoms with van der Waals surface area (Å²) in [7, 11) is 0. The molecule has 1 fully saturated rings. The highest BCUT2D eigenvalue weighted by Crippen LogP contribution is 2.29. The van der Waals surface area contributed by atoms with Crippen molar-refractivity contribution in [1.29, 1.82) is 5.26 Å². The third-order valence-corrected chi connectivity index (χ3v) is 4.61. The van der Waals surface area contributed by atoms with E-state index in [9.17, 15) is 4.39 Å². The molecule has 0 spiro atoms. The third kappa shape index (κ3) is 3.53. The zero-order chi connectivity index (χ0) is 16.2. The van der Waals surface area contributed by atoms with Gasteiger partial charge in [-0.3, -0.25) is 0 Å². The maximum Gasteiger partial charge on any atom is 0.120 e. The zero-order valence-corrected chi connectivity index (χ0v) is 13.4. The van der Waals surface area contributed by atoms with Gasteiger partial charge in [0.15, 0.2) is 0 Å². The van der Waals surface area contributed by atoms with Crippen LogP contribution in [-0.2, 0) is 6.42 Å². The number of nitriles is 1. The van der Waals surface area contributed by atoms with Crippen LogP contribution in [0.3, 0.4) is 0 Å². The Hall–Kier alpha value is -2.34. The summed E-state index contributed by atoms with van der Waals surface area (Å²) in [5.74, 6) is 0. The first-order chi connectivity index (χ1) is 11.2. The molecule has 0 bridgehead atoms. The summed E-state index contributed by atoms with van der Waals surface area (Å²) in [4.78, 5) is 2.03. The van der Waals surface area contributed by atoms with Gasteiger partial charge in [0.25, 0.3) is 0 Å². The minimum Gasteiger partial charge on any atom is -0.364 e. The second kappa shape index (κ2) is 6.83.